The predicted octanol–water partition coefficient (Wildman–Crippen LogP) is 3.01. The van der Waals surface area contributed by atoms with Crippen molar-refractivity contribution < 1.29 is 14.0 Å². The lowest BCUT2D eigenvalue weighted by Gasteiger charge is -2.22. The van der Waals surface area contributed by atoms with Crippen molar-refractivity contribution in [2.75, 3.05) is 23.3 Å². The molecule has 1 aliphatic heterocycles. The van der Waals surface area contributed by atoms with Gasteiger partial charge in [-0.15, -0.1) is 0 Å². The van der Waals surface area contributed by atoms with Crippen molar-refractivity contribution in [1.29, 1.82) is 0 Å². The number of hydrogen-bond donors (Lipinski definition) is 1. The molecule has 2 amide bonds. The van der Waals surface area contributed by atoms with Crippen LogP contribution in [-0.2, 0) is 16.1 Å². The number of nitrogens with zero attached hydrogens (tertiary/aromatic N) is 2. The molecule has 1 aliphatic carbocycles. The van der Waals surface area contributed by atoms with E-state index >= 15 is 0 Å². The average molecular weight is 353 g/mol. The van der Waals surface area contributed by atoms with Crippen LogP contribution in [0, 0.1) is 0 Å². The van der Waals surface area contributed by atoms with E-state index in [-0.39, 0.29) is 11.8 Å². The Morgan fingerprint density at radius 3 is 2.77 bits per heavy atom. The van der Waals surface area contributed by atoms with Gasteiger partial charge in [-0.25, -0.2) is 0 Å². The number of anilines is 2. The van der Waals surface area contributed by atoms with E-state index in [1.54, 1.807) is 11.2 Å². The van der Waals surface area contributed by atoms with Crippen LogP contribution < -0.4 is 10.2 Å². The lowest BCUT2D eigenvalue weighted by Crippen LogP contribution is -2.35. The smallest absolute Gasteiger partial charge is 0.238 e. The standard InChI is InChI=1S/C20H23N3O3/c24-19(14-22(15-9-10-15)13-16-5-4-12-26-16)21-17-6-1-2-7-18(17)23-11-3-8-20(23)25/h1-2,4-7,12,15H,3,8-11,13-14H2,(H,21,24). The zero-order valence-corrected chi connectivity index (χ0v) is 14.7. The van der Waals surface area contributed by atoms with Gasteiger partial charge in [0.15, 0.2) is 0 Å². The number of carbonyl (C=O) groups is 2. The Kier molecular flexibility index (Phi) is 4.75. The Hall–Kier alpha value is -2.60. The van der Waals surface area contributed by atoms with E-state index in [1.807, 2.05) is 36.4 Å². The van der Waals surface area contributed by atoms with Crippen molar-refractivity contribution in [2.45, 2.75) is 38.3 Å². The molecule has 1 saturated heterocycles. The summed E-state index contributed by atoms with van der Waals surface area (Å²) in [5.41, 5.74) is 1.48. The molecule has 0 radical (unpaired) electrons. The number of benzene rings is 1. The van der Waals surface area contributed by atoms with Gasteiger partial charge in [0.05, 0.1) is 30.7 Å². The molecule has 0 bridgehead atoms. The zero-order valence-electron chi connectivity index (χ0n) is 14.7. The third-order valence-corrected chi connectivity index (χ3v) is 4.89. The van der Waals surface area contributed by atoms with Gasteiger partial charge in [0.2, 0.25) is 11.8 Å². The second kappa shape index (κ2) is 7.33. The summed E-state index contributed by atoms with van der Waals surface area (Å²) in [6.07, 6.45) is 5.32. The first kappa shape index (κ1) is 16.8. The van der Waals surface area contributed by atoms with Gasteiger partial charge in [0, 0.05) is 19.0 Å². The maximum Gasteiger partial charge on any atom is 0.238 e. The number of nitrogens with one attached hydrogen (secondary N) is 1. The van der Waals surface area contributed by atoms with Gasteiger partial charge in [-0.3, -0.25) is 14.5 Å². The molecule has 0 atom stereocenters. The lowest BCUT2D eigenvalue weighted by molar-refractivity contribution is -0.118. The molecule has 1 aromatic heterocycles. The van der Waals surface area contributed by atoms with E-state index in [0.717, 1.165) is 30.7 Å². The lowest BCUT2D eigenvalue weighted by atomic mass is 10.2. The van der Waals surface area contributed by atoms with E-state index in [1.165, 1.54) is 0 Å². The minimum absolute atomic E-state index is 0.0671. The van der Waals surface area contributed by atoms with Crippen LogP contribution in [0.4, 0.5) is 11.4 Å². The van der Waals surface area contributed by atoms with Gasteiger partial charge in [0.25, 0.3) is 0 Å². The highest BCUT2D eigenvalue weighted by Crippen LogP contribution is 2.30. The van der Waals surface area contributed by atoms with Gasteiger partial charge < -0.3 is 14.6 Å². The second-order valence-electron chi connectivity index (χ2n) is 6.93. The van der Waals surface area contributed by atoms with E-state index in [2.05, 4.69) is 10.2 Å². The van der Waals surface area contributed by atoms with Crippen LogP contribution >= 0.6 is 0 Å². The summed E-state index contributed by atoms with van der Waals surface area (Å²) in [6, 6.07) is 11.8. The molecule has 136 valence electrons. The molecule has 4 rings (SSSR count). The predicted molar refractivity (Wildman–Crippen MR) is 98.8 cm³/mol. The molecule has 2 aliphatic rings. The van der Waals surface area contributed by atoms with Gasteiger partial charge in [-0.1, -0.05) is 12.1 Å². The first-order valence-corrected chi connectivity index (χ1v) is 9.16. The highest BCUT2D eigenvalue weighted by molar-refractivity contribution is 6.02. The largest absolute Gasteiger partial charge is 0.468 e. The molecule has 6 nitrogen and oxygen atoms in total. The maximum absolute atomic E-state index is 12.6. The number of para-hydroxylation sites is 2. The molecular formula is C20H23N3O3. The first-order chi connectivity index (χ1) is 12.7. The fourth-order valence-electron chi connectivity index (χ4n) is 3.45. The molecule has 2 fully saturated rings. The molecule has 1 N–H and O–H groups in total. The molecular weight excluding hydrogens is 330 g/mol. The van der Waals surface area contributed by atoms with Crippen molar-refractivity contribution in [3.05, 3.63) is 48.4 Å². The van der Waals surface area contributed by atoms with Gasteiger partial charge >= 0.3 is 0 Å². The highest BCUT2D eigenvalue weighted by Gasteiger charge is 2.31. The summed E-state index contributed by atoms with van der Waals surface area (Å²) >= 11 is 0. The van der Waals surface area contributed by atoms with Crippen LogP contribution in [0.1, 0.15) is 31.4 Å². The number of hydrogen-bond acceptors (Lipinski definition) is 4. The van der Waals surface area contributed by atoms with E-state index in [0.29, 0.717) is 37.8 Å². The number of carbonyl (C=O) groups excluding carboxylic acids is 2. The van der Waals surface area contributed by atoms with Crippen molar-refractivity contribution >= 4 is 23.2 Å². The zero-order chi connectivity index (χ0) is 17.9. The van der Waals surface area contributed by atoms with Crippen LogP contribution in [-0.4, -0.2) is 35.8 Å². The molecule has 2 aromatic rings. The minimum atomic E-state index is -0.0671. The fraction of sp³-hybridized carbons (Fsp3) is 0.400. The van der Waals surface area contributed by atoms with Crippen molar-refractivity contribution in [2.24, 2.45) is 0 Å². The Bertz CT molecular complexity index is 783. The van der Waals surface area contributed by atoms with Crippen LogP contribution in [0.2, 0.25) is 0 Å². The molecule has 2 heterocycles. The van der Waals surface area contributed by atoms with Crippen molar-refractivity contribution in [1.82, 2.24) is 4.90 Å². The molecule has 0 unspecified atom stereocenters. The summed E-state index contributed by atoms with van der Waals surface area (Å²) in [6.45, 7) is 1.66. The van der Waals surface area contributed by atoms with Crippen LogP contribution in [0.15, 0.2) is 47.1 Å². The molecule has 1 aromatic carbocycles. The number of amides is 2. The Morgan fingerprint density at radius 1 is 1.23 bits per heavy atom. The molecule has 1 saturated carbocycles. The van der Waals surface area contributed by atoms with Crippen LogP contribution in [0.25, 0.3) is 0 Å². The summed E-state index contributed by atoms with van der Waals surface area (Å²) in [7, 11) is 0. The van der Waals surface area contributed by atoms with E-state index in [4.69, 9.17) is 4.42 Å². The monoisotopic (exact) mass is 353 g/mol. The third kappa shape index (κ3) is 3.80. The topological polar surface area (TPSA) is 65.8 Å². The molecule has 26 heavy (non-hydrogen) atoms. The molecule has 0 spiro atoms. The highest BCUT2D eigenvalue weighted by atomic mass is 16.3. The second-order valence-corrected chi connectivity index (χ2v) is 6.93. The fourth-order valence-corrected chi connectivity index (χ4v) is 3.45. The number of rotatable bonds is 7. The van der Waals surface area contributed by atoms with E-state index in [9.17, 15) is 9.59 Å². The summed E-state index contributed by atoms with van der Waals surface area (Å²) < 4.78 is 5.42. The summed E-state index contributed by atoms with van der Waals surface area (Å²) in [5, 5.41) is 3.00. The Labute approximate surface area is 152 Å². The van der Waals surface area contributed by atoms with Gasteiger partial charge in [0.1, 0.15) is 5.76 Å². The van der Waals surface area contributed by atoms with Gasteiger partial charge in [-0.2, -0.15) is 0 Å². The summed E-state index contributed by atoms with van der Waals surface area (Å²) in [4.78, 5) is 28.6. The average Bonchev–Trinajstić information content (AvgIpc) is 3.20. The third-order valence-electron chi connectivity index (χ3n) is 4.89. The minimum Gasteiger partial charge on any atom is -0.468 e. The van der Waals surface area contributed by atoms with Gasteiger partial charge in [-0.05, 0) is 43.5 Å². The Balaban J connectivity index is 1.43. The number of furan rings is 1. The van der Waals surface area contributed by atoms with Crippen LogP contribution in [0.5, 0.6) is 0 Å². The normalized spacial score (nSPS) is 17.1. The SMILES string of the molecule is O=C(CN(Cc1ccco1)C1CC1)Nc1ccccc1N1CCCC1=O. The summed E-state index contributed by atoms with van der Waals surface area (Å²) in [5.74, 6) is 0.916. The Morgan fingerprint density at radius 2 is 2.08 bits per heavy atom. The molecule has 6 heteroatoms. The quantitative estimate of drug-likeness (QED) is 0.831. The maximum atomic E-state index is 12.6. The van der Waals surface area contributed by atoms with Crippen LogP contribution in [0.3, 0.4) is 0 Å². The van der Waals surface area contributed by atoms with Crippen molar-refractivity contribution in [3.8, 4) is 0 Å². The first-order valence-electron chi connectivity index (χ1n) is 9.16. The van der Waals surface area contributed by atoms with E-state index < -0.39 is 0 Å². The van der Waals surface area contributed by atoms with Crippen molar-refractivity contribution in [3.63, 3.8) is 0 Å².